The van der Waals surface area contributed by atoms with Crippen molar-refractivity contribution in [2.75, 3.05) is 19.3 Å². The van der Waals surface area contributed by atoms with Gasteiger partial charge in [-0.15, -0.1) is 0 Å². The third-order valence-corrected chi connectivity index (χ3v) is 7.67. The summed E-state index contributed by atoms with van der Waals surface area (Å²) in [5, 5.41) is 16.9. The van der Waals surface area contributed by atoms with Gasteiger partial charge in [0.1, 0.15) is 5.66 Å². The quantitative estimate of drug-likeness (QED) is 0.457. The van der Waals surface area contributed by atoms with Crippen LogP contribution in [0.1, 0.15) is 44.1 Å². The highest BCUT2D eigenvalue weighted by atomic mass is 31.2. The molecule has 0 aliphatic carbocycles. The average Bonchev–Trinajstić information content (AvgIpc) is 2.83. The molecule has 1 unspecified atom stereocenters. The maximum absolute atomic E-state index is 12.9. The topological polar surface area (TPSA) is 135 Å². The Kier molecular flexibility index (Phi) is 8.87. The minimum Gasteiger partial charge on any atom is -0.450 e. The Morgan fingerprint density at radius 1 is 1.03 bits per heavy atom. The van der Waals surface area contributed by atoms with Crippen molar-refractivity contribution in [3.05, 3.63) is 35.9 Å². The predicted octanol–water partition coefficient (Wildman–Crippen LogP) is 3.03. The molecular weight excluding hydrogens is 411 g/mol. The standard InChI is InChI=1S/C19H27N2O4P.CH2O3/c22-18-12-11-17(19(23)21-14-6-5-13-20(18)21)26(24,25)15-7-4-10-16-8-2-1-3-9-16;2-1(3)4/h1-3,8-9,17H,4-7,10-15H2,(H,24,25);(H2,2,3,4)/t17-;/m0./s1. The van der Waals surface area contributed by atoms with Gasteiger partial charge in [-0.3, -0.25) is 24.2 Å². The summed E-state index contributed by atoms with van der Waals surface area (Å²) in [5.41, 5.74) is 0.270. The second kappa shape index (κ2) is 11.1. The lowest BCUT2D eigenvalue weighted by molar-refractivity contribution is -0.164. The Hall–Kier alpha value is -2.38. The van der Waals surface area contributed by atoms with E-state index in [0.717, 1.165) is 25.7 Å². The molecule has 0 saturated carbocycles. The first-order valence-electron chi connectivity index (χ1n) is 10.1. The van der Waals surface area contributed by atoms with Crippen LogP contribution in [0.4, 0.5) is 4.79 Å². The molecule has 3 rings (SSSR count). The highest BCUT2D eigenvalue weighted by Crippen LogP contribution is 2.50. The molecule has 0 bridgehead atoms. The molecule has 2 heterocycles. The van der Waals surface area contributed by atoms with E-state index >= 15 is 0 Å². The monoisotopic (exact) mass is 440 g/mol. The van der Waals surface area contributed by atoms with Crippen LogP contribution in [0.3, 0.4) is 0 Å². The number of nitrogens with zero attached hydrogens (tertiary/aromatic N) is 2. The van der Waals surface area contributed by atoms with E-state index in [1.165, 1.54) is 15.6 Å². The van der Waals surface area contributed by atoms with E-state index in [1.54, 1.807) is 0 Å². The maximum atomic E-state index is 12.9. The average molecular weight is 440 g/mol. The Balaban J connectivity index is 0.000000735. The molecule has 166 valence electrons. The van der Waals surface area contributed by atoms with Gasteiger partial charge in [0.15, 0.2) is 0 Å². The SMILES string of the molecule is O=C(O)O.O=C1CC[C@H](P(=O)(O)CCCCc2ccccc2)C(=O)N2CCCCN12. The van der Waals surface area contributed by atoms with E-state index in [9.17, 15) is 19.0 Å². The van der Waals surface area contributed by atoms with Gasteiger partial charge in [-0.05, 0) is 44.1 Å². The summed E-state index contributed by atoms with van der Waals surface area (Å²) >= 11 is 0. The van der Waals surface area contributed by atoms with E-state index in [2.05, 4.69) is 0 Å². The number of benzene rings is 1. The van der Waals surface area contributed by atoms with E-state index in [-0.39, 0.29) is 30.8 Å². The summed E-state index contributed by atoms with van der Waals surface area (Å²) in [5.74, 6) is -0.450. The maximum Gasteiger partial charge on any atom is 0.503 e. The molecule has 2 saturated heterocycles. The summed E-state index contributed by atoms with van der Waals surface area (Å²) in [6.07, 6.45) is 2.62. The largest absolute Gasteiger partial charge is 0.503 e. The molecule has 2 atom stereocenters. The zero-order chi connectivity index (χ0) is 22.1. The Morgan fingerprint density at radius 3 is 2.27 bits per heavy atom. The third kappa shape index (κ3) is 6.85. The van der Waals surface area contributed by atoms with Gasteiger partial charge in [-0.25, -0.2) is 4.79 Å². The van der Waals surface area contributed by atoms with Crippen molar-refractivity contribution in [1.29, 1.82) is 0 Å². The first kappa shape index (κ1) is 23.9. The van der Waals surface area contributed by atoms with Gasteiger partial charge < -0.3 is 15.1 Å². The molecule has 3 N–H and O–H groups in total. The molecule has 2 amide bonds. The normalized spacial score (nSPS) is 21.0. The fraction of sp³-hybridized carbons (Fsp3) is 0.550. The van der Waals surface area contributed by atoms with Crippen molar-refractivity contribution in [2.24, 2.45) is 0 Å². The van der Waals surface area contributed by atoms with Crippen LogP contribution in [-0.4, -0.2) is 68.0 Å². The predicted molar refractivity (Wildman–Crippen MR) is 110 cm³/mol. The van der Waals surface area contributed by atoms with Crippen LogP contribution in [-0.2, 0) is 20.6 Å². The second-order valence-electron chi connectivity index (χ2n) is 7.44. The second-order valence-corrected chi connectivity index (χ2v) is 10.0. The minimum atomic E-state index is -3.63. The third-order valence-electron chi connectivity index (χ3n) is 5.26. The number of carbonyl (C=O) groups excluding carboxylic acids is 2. The van der Waals surface area contributed by atoms with Gasteiger partial charge in [0.2, 0.25) is 13.3 Å². The number of carboxylic acid groups (broad SMARTS) is 2. The summed E-state index contributed by atoms with van der Waals surface area (Å²) in [7, 11) is -3.63. The molecule has 0 radical (unpaired) electrons. The number of hydrogen-bond donors (Lipinski definition) is 3. The summed E-state index contributed by atoms with van der Waals surface area (Å²) in [6, 6.07) is 10.0. The van der Waals surface area contributed by atoms with Gasteiger partial charge in [-0.1, -0.05) is 30.3 Å². The number of rotatable bonds is 6. The number of unbranched alkanes of at least 4 members (excludes halogenated alkanes) is 1. The number of amides is 2. The fourth-order valence-corrected chi connectivity index (χ4v) is 5.78. The highest BCUT2D eigenvalue weighted by Gasteiger charge is 2.44. The van der Waals surface area contributed by atoms with Gasteiger partial charge in [0.25, 0.3) is 5.91 Å². The first-order valence-corrected chi connectivity index (χ1v) is 12.0. The molecule has 0 spiro atoms. The van der Waals surface area contributed by atoms with Crippen LogP contribution in [0.2, 0.25) is 0 Å². The molecule has 30 heavy (non-hydrogen) atoms. The van der Waals surface area contributed by atoms with Crippen molar-refractivity contribution in [3.63, 3.8) is 0 Å². The molecule has 10 heteroatoms. The van der Waals surface area contributed by atoms with Gasteiger partial charge >= 0.3 is 6.16 Å². The smallest absolute Gasteiger partial charge is 0.450 e. The lowest BCUT2D eigenvalue weighted by atomic mass is 10.1. The Morgan fingerprint density at radius 2 is 1.63 bits per heavy atom. The van der Waals surface area contributed by atoms with Crippen molar-refractivity contribution in [1.82, 2.24) is 10.0 Å². The van der Waals surface area contributed by atoms with Crippen LogP contribution < -0.4 is 0 Å². The fourth-order valence-electron chi connectivity index (χ4n) is 3.78. The van der Waals surface area contributed by atoms with Crippen LogP contribution in [0.15, 0.2) is 30.3 Å². The molecule has 2 aliphatic rings. The summed E-state index contributed by atoms with van der Waals surface area (Å²) < 4.78 is 12.9. The molecule has 2 aliphatic heterocycles. The Labute approximate surface area is 175 Å². The Bertz CT molecular complexity index is 783. The number of hydrazine groups is 1. The summed E-state index contributed by atoms with van der Waals surface area (Å²) in [4.78, 5) is 44.2. The highest BCUT2D eigenvalue weighted by molar-refractivity contribution is 7.59. The summed E-state index contributed by atoms with van der Waals surface area (Å²) in [6.45, 7) is 0.999. The number of carbonyl (C=O) groups is 3. The van der Waals surface area contributed by atoms with Gasteiger partial charge in [0.05, 0.1) is 0 Å². The van der Waals surface area contributed by atoms with E-state index in [1.807, 2.05) is 30.3 Å². The lowest BCUT2D eigenvalue weighted by Crippen LogP contribution is -2.53. The van der Waals surface area contributed by atoms with Crippen LogP contribution in [0, 0.1) is 0 Å². The number of aryl methyl sites for hydroxylation is 1. The number of fused-ring (bicyclic) bond motifs is 1. The van der Waals surface area contributed by atoms with Gasteiger partial charge in [-0.2, -0.15) is 0 Å². The molecule has 9 nitrogen and oxygen atoms in total. The van der Waals surface area contributed by atoms with Crippen molar-refractivity contribution < 1.29 is 34.1 Å². The van der Waals surface area contributed by atoms with E-state index in [4.69, 9.17) is 15.0 Å². The van der Waals surface area contributed by atoms with Crippen molar-refractivity contribution >= 4 is 25.3 Å². The molecular formula is C20H29N2O7P. The zero-order valence-electron chi connectivity index (χ0n) is 16.9. The molecule has 1 aromatic carbocycles. The van der Waals surface area contributed by atoms with E-state index in [0.29, 0.717) is 19.5 Å². The molecule has 0 aromatic heterocycles. The number of hydrogen-bond acceptors (Lipinski definition) is 4. The molecule has 2 fully saturated rings. The van der Waals surface area contributed by atoms with E-state index < -0.39 is 19.2 Å². The van der Waals surface area contributed by atoms with Crippen molar-refractivity contribution in [3.8, 4) is 0 Å². The zero-order valence-corrected chi connectivity index (χ0v) is 17.7. The van der Waals surface area contributed by atoms with Crippen LogP contribution in [0.25, 0.3) is 0 Å². The van der Waals surface area contributed by atoms with Crippen LogP contribution >= 0.6 is 7.37 Å². The minimum absolute atomic E-state index is 0.107. The van der Waals surface area contributed by atoms with Gasteiger partial charge in [0, 0.05) is 25.7 Å². The van der Waals surface area contributed by atoms with Crippen LogP contribution in [0.5, 0.6) is 0 Å². The first-order chi connectivity index (χ1) is 14.2. The molecule has 1 aromatic rings. The lowest BCUT2D eigenvalue weighted by Gasteiger charge is -2.38. The van der Waals surface area contributed by atoms with Crippen molar-refractivity contribution in [2.45, 2.75) is 50.6 Å².